The van der Waals surface area contributed by atoms with Crippen molar-refractivity contribution in [2.75, 3.05) is 26.1 Å². The van der Waals surface area contributed by atoms with E-state index in [4.69, 9.17) is 9.47 Å². The first-order valence-corrected chi connectivity index (χ1v) is 9.02. The average molecular weight is 385 g/mol. The Morgan fingerprint density at radius 1 is 1.07 bits per heavy atom. The fraction of sp³-hybridized carbons (Fsp3) is 0.381. The van der Waals surface area contributed by atoms with Crippen LogP contribution in [0.15, 0.2) is 42.5 Å². The van der Waals surface area contributed by atoms with Gasteiger partial charge in [-0.15, -0.1) is 0 Å². The lowest BCUT2D eigenvalue weighted by Gasteiger charge is -2.15. The van der Waals surface area contributed by atoms with Crippen LogP contribution in [0, 0.1) is 0 Å². The molecule has 2 aromatic rings. The molecule has 0 aliphatic carbocycles. The molecule has 1 heterocycles. The highest BCUT2D eigenvalue weighted by molar-refractivity contribution is 5.83. The number of aromatic nitrogens is 1. The highest BCUT2D eigenvalue weighted by atomic mass is 16.5. The number of carbonyl (C=O) groups is 2. The summed E-state index contributed by atoms with van der Waals surface area (Å²) in [6.07, 6.45) is 0.370. The van der Waals surface area contributed by atoms with E-state index < -0.39 is 12.0 Å². The Morgan fingerprint density at radius 2 is 1.75 bits per heavy atom. The lowest BCUT2D eigenvalue weighted by atomic mass is 10.0. The Hall–Kier alpha value is -2.93. The number of hydrogen-bond acceptors (Lipinski definition) is 6. The second-order valence-electron chi connectivity index (χ2n) is 6.67. The summed E-state index contributed by atoms with van der Waals surface area (Å²) in [6, 6.07) is 12.9. The number of esters is 1. The SMILES string of the molecule is COC(=O)[C@H](Cc1ccc(COCc2cccc(N(C)C)n2)cc1)NC(C)=O. The van der Waals surface area contributed by atoms with Crippen molar-refractivity contribution in [3.63, 3.8) is 0 Å². The second-order valence-corrected chi connectivity index (χ2v) is 6.67. The minimum atomic E-state index is -0.695. The number of nitrogens with one attached hydrogen (secondary N) is 1. The molecule has 1 atom stereocenters. The third-order valence-corrected chi connectivity index (χ3v) is 4.09. The first-order valence-electron chi connectivity index (χ1n) is 9.02. The molecule has 0 aliphatic rings. The van der Waals surface area contributed by atoms with E-state index in [2.05, 4.69) is 10.3 Å². The summed E-state index contributed by atoms with van der Waals surface area (Å²) in [6.45, 7) is 2.26. The highest BCUT2D eigenvalue weighted by Gasteiger charge is 2.20. The molecule has 0 fully saturated rings. The number of benzene rings is 1. The summed E-state index contributed by atoms with van der Waals surface area (Å²) >= 11 is 0. The number of rotatable bonds is 9. The zero-order valence-corrected chi connectivity index (χ0v) is 16.8. The average Bonchev–Trinajstić information content (AvgIpc) is 2.68. The number of hydrogen-bond donors (Lipinski definition) is 1. The van der Waals surface area contributed by atoms with Gasteiger partial charge in [-0.25, -0.2) is 9.78 Å². The standard InChI is InChI=1S/C21H27N3O4/c1-15(25)22-19(21(26)27-4)12-16-8-10-17(11-9-16)13-28-14-18-6-5-7-20(23-18)24(2)3/h5-11,19H,12-14H2,1-4H3,(H,22,25)/t19-/m0/s1. The Kier molecular flexibility index (Phi) is 7.95. The fourth-order valence-electron chi connectivity index (χ4n) is 2.66. The van der Waals surface area contributed by atoms with E-state index in [-0.39, 0.29) is 5.91 Å². The van der Waals surface area contributed by atoms with Gasteiger partial charge in [-0.05, 0) is 23.3 Å². The fourth-order valence-corrected chi connectivity index (χ4v) is 2.66. The van der Waals surface area contributed by atoms with Crippen LogP contribution in [0.4, 0.5) is 5.82 Å². The van der Waals surface area contributed by atoms with Crippen LogP contribution in [-0.4, -0.2) is 44.1 Å². The zero-order valence-electron chi connectivity index (χ0n) is 16.8. The lowest BCUT2D eigenvalue weighted by Crippen LogP contribution is -2.41. The van der Waals surface area contributed by atoms with E-state index in [1.807, 2.05) is 61.5 Å². The first-order chi connectivity index (χ1) is 13.4. The van der Waals surface area contributed by atoms with Gasteiger partial charge in [-0.3, -0.25) is 4.79 Å². The minimum Gasteiger partial charge on any atom is -0.467 e. The molecule has 1 N–H and O–H groups in total. The van der Waals surface area contributed by atoms with E-state index >= 15 is 0 Å². The maximum Gasteiger partial charge on any atom is 0.328 e. The van der Waals surface area contributed by atoms with Crippen LogP contribution in [0.25, 0.3) is 0 Å². The Bertz CT molecular complexity index is 790. The van der Waals surface area contributed by atoms with Gasteiger partial charge in [0, 0.05) is 27.4 Å². The molecule has 0 aliphatic heterocycles. The number of anilines is 1. The van der Waals surface area contributed by atoms with Gasteiger partial charge in [-0.1, -0.05) is 30.3 Å². The van der Waals surface area contributed by atoms with Gasteiger partial charge in [0.25, 0.3) is 0 Å². The quantitative estimate of drug-likeness (QED) is 0.666. The molecule has 1 aromatic heterocycles. The monoisotopic (exact) mass is 385 g/mol. The van der Waals surface area contributed by atoms with E-state index in [0.717, 1.165) is 22.6 Å². The number of amides is 1. The maximum absolute atomic E-state index is 11.8. The molecule has 0 unspecified atom stereocenters. The van der Waals surface area contributed by atoms with Crippen molar-refractivity contribution in [2.45, 2.75) is 32.6 Å². The summed E-state index contributed by atoms with van der Waals surface area (Å²) in [4.78, 5) is 29.5. The number of pyridine rings is 1. The van der Waals surface area contributed by atoms with E-state index in [0.29, 0.717) is 19.6 Å². The molecule has 0 saturated heterocycles. The van der Waals surface area contributed by atoms with Crippen LogP contribution in [-0.2, 0) is 38.7 Å². The van der Waals surface area contributed by atoms with Crippen molar-refractivity contribution in [2.24, 2.45) is 0 Å². The van der Waals surface area contributed by atoms with Crippen molar-refractivity contribution < 1.29 is 19.1 Å². The van der Waals surface area contributed by atoms with Gasteiger partial charge >= 0.3 is 5.97 Å². The Balaban J connectivity index is 1.89. The Labute approximate surface area is 165 Å². The topological polar surface area (TPSA) is 80.8 Å². The molecule has 0 spiro atoms. The van der Waals surface area contributed by atoms with Crippen LogP contribution < -0.4 is 10.2 Å². The van der Waals surface area contributed by atoms with Gasteiger partial charge in [0.05, 0.1) is 26.0 Å². The molecule has 0 radical (unpaired) electrons. The van der Waals surface area contributed by atoms with Crippen molar-refractivity contribution in [1.29, 1.82) is 0 Å². The minimum absolute atomic E-state index is 0.271. The molecule has 1 amide bonds. The third-order valence-electron chi connectivity index (χ3n) is 4.09. The predicted octanol–water partition coefficient (Wildman–Crippen LogP) is 2.08. The molecule has 0 saturated carbocycles. The van der Waals surface area contributed by atoms with Gasteiger partial charge < -0.3 is 19.7 Å². The van der Waals surface area contributed by atoms with Gasteiger partial charge in [0.1, 0.15) is 11.9 Å². The third kappa shape index (κ3) is 6.66. The number of carbonyl (C=O) groups excluding carboxylic acids is 2. The summed E-state index contributed by atoms with van der Waals surface area (Å²) in [7, 11) is 5.21. The lowest BCUT2D eigenvalue weighted by molar-refractivity contribution is -0.144. The van der Waals surface area contributed by atoms with Crippen molar-refractivity contribution in [1.82, 2.24) is 10.3 Å². The second kappa shape index (κ2) is 10.4. The van der Waals surface area contributed by atoms with Crippen LogP contribution in [0.2, 0.25) is 0 Å². The van der Waals surface area contributed by atoms with Gasteiger partial charge in [-0.2, -0.15) is 0 Å². The predicted molar refractivity (Wildman–Crippen MR) is 107 cm³/mol. The summed E-state index contributed by atoms with van der Waals surface area (Å²) < 4.78 is 10.5. The number of methoxy groups -OCH3 is 1. The largest absolute Gasteiger partial charge is 0.467 e. The molecule has 7 nitrogen and oxygen atoms in total. The zero-order chi connectivity index (χ0) is 20.5. The van der Waals surface area contributed by atoms with Crippen LogP contribution in [0.3, 0.4) is 0 Å². The molecule has 7 heteroatoms. The first kappa shape index (κ1) is 21.4. The Morgan fingerprint density at radius 3 is 2.36 bits per heavy atom. The van der Waals surface area contributed by atoms with Gasteiger partial charge in [0.2, 0.25) is 5.91 Å². The molecular weight excluding hydrogens is 358 g/mol. The summed E-state index contributed by atoms with van der Waals surface area (Å²) in [5.74, 6) is 0.159. The normalized spacial score (nSPS) is 11.6. The van der Waals surface area contributed by atoms with Crippen LogP contribution >= 0.6 is 0 Å². The highest BCUT2D eigenvalue weighted by Crippen LogP contribution is 2.12. The van der Waals surface area contributed by atoms with Crippen molar-refractivity contribution in [3.05, 3.63) is 59.3 Å². The van der Waals surface area contributed by atoms with Crippen LogP contribution in [0.5, 0.6) is 0 Å². The van der Waals surface area contributed by atoms with E-state index in [1.54, 1.807) is 0 Å². The number of nitrogens with zero attached hydrogens (tertiary/aromatic N) is 2. The van der Waals surface area contributed by atoms with E-state index in [1.165, 1.54) is 14.0 Å². The molecule has 150 valence electrons. The molecule has 28 heavy (non-hydrogen) atoms. The smallest absolute Gasteiger partial charge is 0.328 e. The molecule has 1 aromatic carbocycles. The van der Waals surface area contributed by atoms with E-state index in [9.17, 15) is 9.59 Å². The van der Waals surface area contributed by atoms with Crippen molar-refractivity contribution >= 4 is 17.7 Å². The molecular formula is C21H27N3O4. The number of ether oxygens (including phenoxy) is 2. The summed E-state index contributed by atoms with van der Waals surface area (Å²) in [5.41, 5.74) is 2.81. The molecule has 2 rings (SSSR count). The molecule has 0 bridgehead atoms. The summed E-state index contributed by atoms with van der Waals surface area (Å²) in [5, 5.41) is 2.61. The maximum atomic E-state index is 11.8. The van der Waals surface area contributed by atoms with Crippen LogP contribution in [0.1, 0.15) is 23.7 Å². The van der Waals surface area contributed by atoms with Crippen molar-refractivity contribution in [3.8, 4) is 0 Å². The van der Waals surface area contributed by atoms with Gasteiger partial charge in [0.15, 0.2) is 0 Å².